The second-order valence-corrected chi connectivity index (χ2v) is 11.2. The van der Waals surface area contributed by atoms with Crippen LogP contribution < -0.4 is 16.0 Å². The summed E-state index contributed by atoms with van der Waals surface area (Å²) in [5.41, 5.74) is 2.71. The van der Waals surface area contributed by atoms with Gasteiger partial charge in [-0.1, -0.05) is 19.1 Å². The largest absolute Gasteiger partial charge is 0.461 e. The molecule has 39 heavy (non-hydrogen) atoms. The van der Waals surface area contributed by atoms with Crippen molar-refractivity contribution in [3.05, 3.63) is 59.8 Å². The van der Waals surface area contributed by atoms with Crippen molar-refractivity contribution in [3.8, 4) is 0 Å². The van der Waals surface area contributed by atoms with Crippen LogP contribution in [0, 0.1) is 0 Å². The molecule has 1 atom stereocenters. The van der Waals surface area contributed by atoms with Gasteiger partial charge in [-0.25, -0.2) is 9.59 Å². The highest BCUT2D eigenvalue weighted by molar-refractivity contribution is 6.00. The first kappa shape index (κ1) is 29.5. The molecule has 9 nitrogen and oxygen atoms in total. The first-order valence-electron chi connectivity index (χ1n) is 13.3. The van der Waals surface area contributed by atoms with E-state index < -0.39 is 29.6 Å². The number of alkyl carbamates (subject to hydrolysis) is 1. The lowest BCUT2D eigenvalue weighted by molar-refractivity contribution is -0.118. The van der Waals surface area contributed by atoms with E-state index in [-0.39, 0.29) is 18.6 Å². The smallest absolute Gasteiger partial charge is 0.408 e. The van der Waals surface area contributed by atoms with E-state index in [1.165, 1.54) is 0 Å². The molecule has 0 aliphatic rings. The third-order valence-electron chi connectivity index (χ3n) is 6.15. The Bertz CT molecular complexity index is 1310. The van der Waals surface area contributed by atoms with Gasteiger partial charge in [0.1, 0.15) is 17.3 Å². The summed E-state index contributed by atoms with van der Waals surface area (Å²) in [6.07, 6.45) is 0.558. The fraction of sp³-hybridized carbons (Fsp3) is 0.433. The van der Waals surface area contributed by atoms with Crippen LogP contribution in [0.1, 0.15) is 70.9 Å². The quantitative estimate of drug-likeness (QED) is 0.235. The highest BCUT2D eigenvalue weighted by Gasteiger charge is 2.25. The van der Waals surface area contributed by atoms with Gasteiger partial charge in [0, 0.05) is 34.2 Å². The molecule has 2 amide bonds. The van der Waals surface area contributed by atoms with Gasteiger partial charge >= 0.3 is 12.1 Å². The van der Waals surface area contributed by atoms with Crippen LogP contribution in [-0.4, -0.2) is 46.7 Å². The Morgan fingerprint density at radius 1 is 0.923 bits per heavy atom. The zero-order valence-corrected chi connectivity index (χ0v) is 23.9. The van der Waals surface area contributed by atoms with Gasteiger partial charge < -0.3 is 30.4 Å². The molecule has 4 N–H and O–H groups in total. The van der Waals surface area contributed by atoms with Crippen LogP contribution in [0.25, 0.3) is 10.9 Å². The minimum absolute atomic E-state index is 0.0418. The number of fused-ring (bicyclic) bond motifs is 1. The number of carbonyl (C=O) groups excluding carboxylic acids is 3. The molecule has 9 heteroatoms. The van der Waals surface area contributed by atoms with Crippen molar-refractivity contribution in [1.82, 2.24) is 10.3 Å². The second kappa shape index (κ2) is 12.2. The monoisotopic (exact) mass is 536 g/mol. The zero-order chi connectivity index (χ0) is 28.8. The molecule has 0 bridgehead atoms. The number of H-pyrrole nitrogens is 1. The minimum Gasteiger partial charge on any atom is -0.461 e. The highest BCUT2D eigenvalue weighted by atomic mass is 16.6. The number of carbonyl (C=O) groups is 3. The predicted molar refractivity (Wildman–Crippen MR) is 154 cm³/mol. The second-order valence-electron chi connectivity index (χ2n) is 11.2. The molecule has 0 saturated carbocycles. The van der Waals surface area contributed by atoms with Crippen molar-refractivity contribution in [2.24, 2.45) is 0 Å². The van der Waals surface area contributed by atoms with Crippen molar-refractivity contribution in [3.63, 3.8) is 0 Å². The van der Waals surface area contributed by atoms with E-state index in [2.05, 4.69) is 41.7 Å². The Balaban J connectivity index is 1.78. The Labute approximate surface area is 230 Å². The SMILES string of the molecule is CCOC(=O)c1cc2cc(NC(=O)C(Cc3ccc(NC(C)(C)CC)cc3)NC(=O)OC(C)(C)C)ccc2[nH]1. The van der Waals surface area contributed by atoms with Crippen molar-refractivity contribution in [2.75, 3.05) is 17.2 Å². The van der Waals surface area contributed by atoms with Crippen LogP contribution in [0.15, 0.2) is 48.5 Å². The Hall–Kier alpha value is -4.01. The van der Waals surface area contributed by atoms with E-state index in [0.29, 0.717) is 11.4 Å². The Morgan fingerprint density at radius 2 is 1.59 bits per heavy atom. The van der Waals surface area contributed by atoms with E-state index in [0.717, 1.165) is 28.6 Å². The first-order valence-corrected chi connectivity index (χ1v) is 13.3. The summed E-state index contributed by atoms with van der Waals surface area (Å²) in [6, 6.07) is 13.9. The maximum absolute atomic E-state index is 13.4. The molecule has 210 valence electrons. The van der Waals surface area contributed by atoms with Gasteiger partial charge in [-0.3, -0.25) is 4.79 Å². The van der Waals surface area contributed by atoms with Gasteiger partial charge in [0.15, 0.2) is 0 Å². The lowest BCUT2D eigenvalue weighted by atomic mass is 10.0. The van der Waals surface area contributed by atoms with Crippen LogP contribution in [0.3, 0.4) is 0 Å². The first-order chi connectivity index (χ1) is 18.3. The lowest BCUT2D eigenvalue weighted by Crippen LogP contribution is -2.47. The molecule has 2 aromatic carbocycles. The summed E-state index contributed by atoms with van der Waals surface area (Å²) in [5, 5.41) is 9.84. The van der Waals surface area contributed by atoms with E-state index in [4.69, 9.17) is 9.47 Å². The third-order valence-corrected chi connectivity index (χ3v) is 6.15. The number of rotatable bonds is 10. The topological polar surface area (TPSA) is 122 Å². The number of esters is 1. The zero-order valence-electron chi connectivity index (χ0n) is 23.9. The Morgan fingerprint density at radius 3 is 2.21 bits per heavy atom. The van der Waals surface area contributed by atoms with E-state index >= 15 is 0 Å². The van der Waals surface area contributed by atoms with Gasteiger partial charge in [-0.15, -0.1) is 0 Å². The number of aromatic nitrogens is 1. The summed E-state index contributed by atoms with van der Waals surface area (Å²) in [4.78, 5) is 41.0. The normalized spacial score (nSPS) is 12.5. The standard InChI is InChI=1S/C30H40N4O5/c1-8-30(6,7)34-21-12-10-19(11-13-21)16-24(33-28(37)39-29(3,4)5)26(35)31-22-14-15-23-20(17-22)18-25(32-23)27(36)38-9-2/h10-15,17-18,24,32,34H,8-9,16H2,1-7H3,(H,31,35)(H,33,37). The molecule has 3 rings (SSSR count). The van der Waals surface area contributed by atoms with E-state index in [1.807, 2.05) is 24.3 Å². The highest BCUT2D eigenvalue weighted by Crippen LogP contribution is 2.22. The van der Waals surface area contributed by atoms with Crippen LogP contribution in [0.4, 0.5) is 16.2 Å². The molecule has 0 aliphatic heterocycles. The summed E-state index contributed by atoms with van der Waals surface area (Å²) in [5.74, 6) is -0.837. The summed E-state index contributed by atoms with van der Waals surface area (Å²) < 4.78 is 10.5. The summed E-state index contributed by atoms with van der Waals surface area (Å²) in [6.45, 7) is 13.7. The molecule has 0 aliphatic carbocycles. The molecule has 1 aromatic heterocycles. The maximum Gasteiger partial charge on any atom is 0.408 e. The van der Waals surface area contributed by atoms with Crippen molar-refractivity contribution in [1.29, 1.82) is 0 Å². The number of amides is 2. The van der Waals surface area contributed by atoms with Crippen molar-refractivity contribution >= 4 is 40.2 Å². The van der Waals surface area contributed by atoms with Gasteiger partial charge in [-0.2, -0.15) is 0 Å². The number of nitrogens with one attached hydrogen (secondary N) is 4. The predicted octanol–water partition coefficient (Wildman–Crippen LogP) is 6.02. The Kier molecular flexibility index (Phi) is 9.27. The van der Waals surface area contributed by atoms with Gasteiger partial charge in [0.2, 0.25) is 5.91 Å². The fourth-order valence-electron chi connectivity index (χ4n) is 3.86. The van der Waals surface area contributed by atoms with Crippen LogP contribution in [-0.2, 0) is 20.7 Å². The molecular weight excluding hydrogens is 496 g/mol. The summed E-state index contributed by atoms with van der Waals surface area (Å²) in [7, 11) is 0. The number of benzene rings is 2. The average Bonchev–Trinajstić information content (AvgIpc) is 3.27. The molecular formula is C30H40N4O5. The number of aromatic amines is 1. The number of ether oxygens (including phenoxy) is 2. The van der Waals surface area contributed by atoms with Gasteiger partial charge in [0.05, 0.1) is 6.61 Å². The number of hydrogen-bond donors (Lipinski definition) is 4. The van der Waals surface area contributed by atoms with Crippen LogP contribution >= 0.6 is 0 Å². The van der Waals surface area contributed by atoms with Crippen molar-refractivity contribution in [2.45, 2.75) is 78.5 Å². The van der Waals surface area contributed by atoms with E-state index in [9.17, 15) is 14.4 Å². The molecule has 0 fully saturated rings. The molecule has 0 spiro atoms. The van der Waals surface area contributed by atoms with Crippen LogP contribution in [0.2, 0.25) is 0 Å². The molecule has 0 saturated heterocycles. The minimum atomic E-state index is -0.886. The third kappa shape index (κ3) is 8.77. The van der Waals surface area contributed by atoms with Crippen molar-refractivity contribution < 1.29 is 23.9 Å². The molecule has 3 aromatic rings. The molecule has 1 unspecified atom stereocenters. The summed E-state index contributed by atoms with van der Waals surface area (Å²) >= 11 is 0. The lowest BCUT2D eigenvalue weighted by Gasteiger charge is -2.26. The average molecular weight is 537 g/mol. The van der Waals surface area contributed by atoms with E-state index in [1.54, 1.807) is 52.0 Å². The molecule has 1 heterocycles. The van der Waals surface area contributed by atoms with Crippen LogP contribution in [0.5, 0.6) is 0 Å². The number of hydrogen-bond acceptors (Lipinski definition) is 6. The fourth-order valence-corrected chi connectivity index (χ4v) is 3.86. The molecule has 0 radical (unpaired) electrons. The maximum atomic E-state index is 13.4. The number of anilines is 2. The van der Waals surface area contributed by atoms with Gasteiger partial charge in [-0.05, 0) is 89.9 Å². The van der Waals surface area contributed by atoms with Gasteiger partial charge in [0.25, 0.3) is 0 Å².